The summed E-state index contributed by atoms with van der Waals surface area (Å²) in [5.41, 5.74) is 5.97. The fraction of sp³-hybridized carbons (Fsp3) is 0.167. The van der Waals surface area contributed by atoms with Gasteiger partial charge >= 0.3 is 0 Å². The second kappa shape index (κ2) is 5.59. The average molecular weight is 302 g/mol. The molecule has 0 saturated carbocycles. The maximum Gasteiger partial charge on any atom is 0.188 e. The number of nitrogens with zero attached hydrogens (tertiary/aromatic N) is 2. The van der Waals surface area contributed by atoms with Crippen LogP contribution in [-0.4, -0.2) is 10.2 Å². The maximum absolute atomic E-state index is 13.4. The summed E-state index contributed by atoms with van der Waals surface area (Å²) in [4.78, 5) is 0. The Balaban J connectivity index is 2.33. The van der Waals surface area contributed by atoms with E-state index in [1.54, 1.807) is 13.0 Å². The summed E-state index contributed by atoms with van der Waals surface area (Å²) in [6, 6.07) is 4.18. The molecule has 0 bridgehead atoms. The van der Waals surface area contributed by atoms with Crippen molar-refractivity contribution in [2.45, 2.75) is 13.0 Å². The van der Waals surface area contributed by atoms with Gasteiger partial charge in [0.25, 0.3) is 0 Å². The molecule has 1 atom stereocenters. The third-order valence-corrected chi connectivity index (χ3v) is 3.21. The molecule has 0 aliphatic carbocycles. The van der Waals surface area contributed by atoms with E-state index in [2.05, 4.69) is 10.2 Å². The van der Waals surface area contributed by atoms with Gasteiger partial charge in [-0.3, -0.25) is 0 Å². The maximum atomic E-state index is 13.4. The molecule has 0 amide bonds. The first-order valence-electron chi connectivity index (χ1n) is 5.38. The molecule has 100 valence electrons. The molecule has 0 aliphatic heterocycles. The molecular weight excluding hydrogens is 292 g/mol. The predicted octanol–water partition coefficient (Wildman–Crippen LogP) is 3.64. The van der Waals surface area contributed by atoms with E-state index in [0.29, 0.717) is 16.3 Å². The van der Waals surface area contributed by atoms with Crippen molar-refractivity contribution in [2.24, 2.45) is 0 Å². The lowest BCUT2D eigenvalue weighted by molar-refractivity contribution is 0.227. The smallest absolute Gasteiger partial charge is 0.188 e. The van der Waals surface area contributed by atoms with Crippen LogP contribution in [-0.2, 0) is 0 Å². The molecule has 1 aromatic heterocycles. The molecule has 0 spiro atoms. The standard InChI is InChI=1S/C12H10Cl2FN3O/c1-6(19-9-4-5-17-18-12(9)16)10-7(13)2-3-8(15)11(10)14/h2-6H,1H3,(H2,16,18). The molecule has 0 aliphatic rings. The monoisotopic (exact) mass is 301 g/mol. The number of halogens is 3. The van der Waals surface area contributed by atoms with Crippen molar-refractivity contribution in [1.29, 1.82) is 0 Å². The molecule has 0 fully saturated rings. The Labute approximate surface area is 119 Å². The summed E-state index contributed by atoms with van der Waals surface area (Å²) >= 11 is 11.9. The number of nitrogen functional groups attached to an aromatic ring is 1. The molecular formula is C12H10Cl2FN3O. The topological polar surface area (TPSA) is 61.0 Å². The zero-order valence-corrected chi connectivity index (χ0v) is 11.4. The third-order valence-electron chi connectivity index (χ3n) is 2.50. The van der Waals surface area contributed by atoms with E-state index >= 15 is 0 Å². The van der Waals surface area contributed by atoms with Gasteiger partial charge in [0, 0.05) is 16.7 Å². The second-order valence-corrected chi connectivity index (χ2v) is 4.58. The molecule has 7 heteroatoms. The van der Waals surface area contributed by atoms with Crippen molar-refractivity contribution < 1.29 is 9.13 Å². The summed E-state index contributed by atoms with van der Waals surface area (Å²) in [5.74, 6) is -0.0887. The summed E-state index contributed by atoms with van der Waals surface area (Å²) < 4.78 is 19.0. The van der Waals surface area contributed by atoms with Gasteiger partial charge in [0.05, 0.1) is 11.2 Å². The Hall–Kier alpha value is -1.59. The van der Waals surface area contributed by atoms with Crippen molar-refractivity contribution in [3.8, 4) is 5.75 Å². The number of ether oxygens (including phenoxy) is 1. The molecule has 0 radical (unpaired) electrons. The van der Waals surface area contributed by atoms with Gasteiger partial charge in [0.1, 0.15) is 11.9 Å². The molecule has 2 N–H and O–H groups in total. The lowest BCUT2D eigenvalue weighted by Gasteiger charge is -2.18. The van der Waals surface area contributed by atoms with E-state index in [1.807, 2.05) is 0 Å². The van der Waals surface area contributed by atoms with Gasteiger partial charge in [-0.1, -0.05) is 23.2 Å². The van der Waals surface area contributed by atoms with E-state index < -0.39 is 11.9 Å². The summed E-state index contributed by atoms with van der Waals surface area (Å²) in [7, 11) is 0. The fourth-order valence-corrected chi connectivity index (χ4v) is 2.27. The van der Waals surface area contributed by atoms with Gasteiger partial charge in [0.15, 0.2) is 11.6 Å². The van der Waals surface area contributed by atoms with Crippen molar-refractivity contribution in [3.63, 3.8) is 0 Å². The average Bonchev–Trinajstić information content (AvgIpc) is 2.37. The van der Waals surface area contributed by atoms with Crippen LogP contribution in [0.3, 0.4) is 0 Å². The number of hydrogen-bond acceptors (Lipinski definition) is 4. The van der Waals surface area contributed by atoms with Crippen LogP contribution in [0.15, 0.2) is 24.4 Å². The normalized spacial score (nSPS) is 12.2. The highest BCUT2D eigenvalue weighted by Crippen LogP contribution is 2.35. The molecule has 1 heterocycles. The minimum absolute atomic E-state index is 0.0689. The SMILES string of the molecule is CC(Oc1ccnnc1N)c1c(Cl)ccc(F)c1Cl. The Morgan fingerprint density at radius 2 is 2.05 bits per heavy atom. The molecule has 4 nitrogen and oxygen atoms in total. The zero-order chi connectivity index (χ0) is 14.0. The first-order chi connectivity index (χ1) is 9.00. The Morgan fingerprint density at radius 1 is 1.32 bits per heavy atom. The summed E-state index contributed by atoms with van der Waals surface area (Å²) in [5, 5.41) is 7.51. The van der Waals surface area contributed by atoms with Gasteiger partial charge in [0.2, 0.25) is 0 Å². The lowest BCUT2D eigenvalue weighted by Crippen LogP contribution is -2.08. The molecule has 1 aromatic carbocycles. The molecule has 2 aromatic rings. The van der Waals surface area contributed by atoms with Gasteiger partial charge in [-0.2, -0.15) is 5.10 Å². The number of hydrogen-bond donors (Lipinski definition) is 1. The van der Waals surface area contributed by atoms with Crippen LogP contribution in [0.2, 0.25) is 10.0 Å². The Morgan fingerprint density at radius 3 is 2.74 bits per heavy atom. The van der Waals surface area contributed by atoms with Crippen LogP contribution in [0.25, 0.3) is 0 Å². The van der Waals surface area contributed by atoms with Crippen LogP contribution in [0.4, 0.5) is 10.2 Å². The van der Waals surface area contributed by atoms with Crippen molar-refractivity contribution in [1.82, 2.24) is 10.2 Å². The molecule has 19 heavy (non-hydrogen) atoms. The predicted molar refractivity (Wildman–Crippen MR) is 71.9 cm³/mol. The lowest BCUT2D eigenvalue weighted by atomic mass is 10.1. The molecule has 0 saturated heterocycles. The Bertz CT molecular complexity index is 610. The van der Waals surface area contributed by atoms with Crippen molar-refractivity contribution in [2.75, 3.05) is 5.73 Å². The number of aromatic nitrogens is 2. The minimum Gasteiger partial charge on any atom is -0.482 e. The fourth-order valence-electron chi connectivity index (χ4n) is 1.60. The second-order valence-electron chi connectivity index (χ2n) is 3.80. The van der Waals surface area contributed by atoms with Gasteiger partial charge in [-0.05, 0) is 19.1 Å². The minimum atomic E-state index is -0.581. The quantitative estimate of drug-likeness (QED) is 0.879. The number of nitrogens with two attached hydrogens (primary N) is 1. The van der Waals surface area contributed by atoms with Crippen LogP contribution in [0.1, 0.15) is 18.6 Å². The van der Waals surface area contributed by atoms with Gasteiger partial charge in [-0.15, -0.1) is 5.10 Å². The number of benzene rings is 1. The summed E-state index contributed by atoms with van der Waals surface area (Å²) in [6.45, 7) is 1.69. The zero-order valence-electron chi connectivity index (χ0n) is 9.90. The first kappa shape index (κ1) is 13.8. The highest BCUT2D eigenvalue weighted by Gasteiger charge is 2.19. The van der Waals surface area contributed by atoms with E-state index in [-0.39, 0.29) is 10.8 Å². The number of rotatable bonds is 3. The van der Waals surface area contributed by atoms with Crippen LogP contribution < -0.4 is 10.5 Å². The highest BCUT2D eigenvalue weighted by atomic mass is 35.5. The third kappa shape index (κ3) is 2.88. The van der Waals surface area contributed by atoms with E-state index in [0.717, 1.165) is 0 Å². The van der Waals surface area contributed by atoms with Crippen molar-refractivity contribution >= 4 is 29.0 Å². The van der Waals surface area contributed by atoms with Gasteiger partial charge < -0.3 is 10.5 Å². The van der Waals surface area contributed by atoms with E-state index in [1.165, 1.54) is 18.3 Å². The summed E-state index contributed by atoms with van der Waals surface area (Å²) in [6.07, 6.45) is 0.856. The van der Waals surface area contributed by atoms with Crippen LogP contribution in [0, 0.1) is 5.82 Å². The van der Waals surface area contributed by atoms with E-state index in [9.17, 15) is 4.39 Å². The van der Waals surface area contributed by atoms with E-state index in [4.69, 9.17) is 33.7 Å². The van der Waals surface area contributed by atoms with Crippen LogP contribution in [0.5, 0.6) is 5.75 Å². The highest BCUT2D eigenvalue weighted by molar-refractivity contribution is 6.36. The molecule has 2 rings (SSSR count). The largest absolute Gasteiger partial charge is 0.482 e. The van der Waals surface area contributed by atoms with Crippen LogP contribution >= 0.6 is 23.2 Å². The van der Waals surface area contributed by atoms with Crippen molar-refractivity contribution in [3.05, 3.63) is 45.8 Å². The van der Waals surface area contributed by atoms with Gasteiger partial charge in [-0.25, -0.2) is 4.39 Å². The number of anilines is 1. The Kier molecular flexibility index (Phi) is 4.07. The molecule has 1 unspecified atom stereocenters. The first-order valence-corrected chi connectivity index (χ1v) is 6.13.